The number of benzene rings is 1. The van der Waals surface area contributed by atoms with Crippen LogP contribution < -0.4 is 10.1 Å². The molecule has 2 aromatic heterocycles. The van der Waals surface area contributed by atoms with Crippen molar-refractivity contribution in [2.75, 3.05) is 13.1 Å². The number of hydrogen-bond acceptors (Lipinski definition) is 5. The smallest absolute Gasteiger partial charge is 0.485 e. The molecule has 10 nitrogen and oxygen atoms in total. The molecule has 2 amide bonds. The second-order valence-electron chi connectivity index (χ2n) is 9.41. The molecule has 0 aliphatic carbocycles. The normalized spacial score (nSPS) is 11.5. The fourth-order valence-corrected chi connectivity index (χ4v) is 3.68. The van der Waals surface area contributed by atoms with Gasteiger partial charge in [-0.2, -0.15) is 13.2 Å². The summed E-state index contributed by atoms with van der Waals surface area (Å²) < 4.78 is 66.7. The van der Waals surface area contributed by atoms with Gasteiger partial charge in [0, 0.05) is 30.9 Å². The van der Waals surface area contributed by atoms with Gasteiger partial charge in [0.25, 0.3) is 5.91 Å². The van der Waals surface area contributed by atoms with E-state index in [-0.39, 0.29) is 40.8 Å². The largest absolute Gasteiger partial charge is 0.490 e. The summed E-state index contributed by atoms with van der Waals surface area (Å²) >= 11 is 6.20. The molecule has 41 heavy (non-hydrogen) atoms. The van der Waals surface area contributed by atoms with Crippen molar-refractivity contribution >= 4 is 35.2 Å². The third-order valence-electron chi connectivity index (χ3n) is 5.38. The molecule has 224 valence electrons. The van der Waals surface area contributed by atoms with Crippen LogP contribution in [0.25, 0.3) is 5.65 Å². The minimum atomic E-state index is -5.08. The number of rotatable bonds is 7. The minimum Gasteiger partial charge on any atom is -0.485 e. The van der Waals surface area contributed by atoms with Crippen molar-refractivity contribution in [1.82, 2.24) is 19.6 Å². The molecule has 0 bridgehead atoms. The van der Waals surface area contributed by atoms with Gasteiger partial charge in [-0.3, -0.25) is 9.20 Å². The predicted octanol–water partition coefficient (Wildman–Crippen LogP) is 5.29. The summed E-state index contributed by atoms with van der Waals surface area (Å²) in [4.78, 5) is 38.9. The van der Waals surface area contributed by atoms with Gasteiger partial charge in [0.15, 0.2) is 11.4 Å². The number of aryl methyl sites for hydroxylation is 1. The van der Waals surface area contributed by atoms with E-state index in [2.05, 4.69) is 10.3 Å². The number of amides is 2. The van der Waals surface area contributed by atoms with Gasteiger partial charge in [-0.05, 0) is 39.8 Å². The SMILES string of the molecule is Cc1nc2c(OCc3c(F)cccc3F)cc(Cl)cn2c1C(=O)NCCN(C(=O)O)C(C)(C)C.O=C(O)C(F)(F)F. The van der Waals surface area contributed by atoms with Crippen molar-refractivity contribution in [3.05, 3.63) is 64.1 Å². The average Bonchev–Trinajstić information content (AvgIpc) is 3.15. The molecule has 0 spiro atoms. The number of carbonyl (C=O) groups is 3. The van der Waals surface area contributed by atoms with E-state index in [4.69, 9.17) is 26.2 Å². The summed E-state index contributed by atoms with van der Waals surface area (Å²) in [5.74, 6) is -4.60. The van der Waals surface area contributed by atoms with E-state index in [0.717, 1.165) is 12.1 Å². The topological polar surface area (TPSA) is 133 Å². The third-order valence-corrected chi connectivity index (χ3v) is 5.59. The van der Waals surface area contributed by atoms with E-state index >= 15 is 0 Å². The number of pyridine rings is 1. The Morgan fingerprint density at radius 1 is 1.12 bits per heavy atom. The van der Waals surface area contributed by atoms with Crippen molar-refractivity contribution in [2.24, 2.45) is 0 Å². The molecule has 0 saturated heterocycles. The van der Waals surface area contributed by atoms with E-state index in [1.165, 1.54) is 27.6 Å². The summed E-state index contributed by atoms with van der Waals surface area (Å²) in [7, 11) is 0. The number of aliphatic carboxylic acids is 1. The van der Waals surface area contributed by atoms with Crippen LogP contribution in [0.3, 0.4) is 0 Å². The molecule has 0 aliphatic heterocycles. The van der Waals surface area contributed by atoms with Gasteiger partial charge in [-0.1, -0.05) is 17.7 Å². The highest BCUT2D eigenvalue weighted by atomic mass is 35.5. The summed E-state index contributed by atoms with van der Waals surface area (Å²) in [5, 5.41) is 19.4. The maximum Gasteiger partial charge on any atom is 0.490 e. The number of imidazole rings is 1. The zero-order valence-electron chi connectivity index (χ0n) is 22.1. The van der Waals surface area contributed by atoms with Crippen molar-refractivity contribution < 1.29 is 51.3 Å². The maximum atomic E-state index is 14.0. The van der Waals surface area contributed by atoms with Crippen molar-refractivity contribution in [3.8, 4) is 5.75 Å². The summed E-state index contributed by atoms with van der Waals surface area (Å²) in [6.07, 6.45) is -4.70. The van der Waals surface area contributed by atoms with Crippen molar-refractivity contribution in [3.63, 3.8) is 0 Å². The Kier molecular flexibility index (Phi) is 10.5. The van der Waals surface area contributed by atoms with Gasteiger partial charge in [-0.15, -0.1) is 0 Å². The number of fused-ring (bicyclic) bond motifs is 1. The molecule has 3 rings (SSSR count). The van der Waals surface area contributed by atoms with E-state index < -0.39 is 47.9 Å². The molecule has 0 unspecified atom stereocenters. The lowest BCUT2D eigenvalue weighted by molar-refractivity contribution is -0.192. The first-order chi connectivity index (χ1) is 18.8. The van der Waals surface area contributed by atoms with Crippen LogP contribution in [0.1, 0.15) is 42.5 Å². The van der Waals surface area contributed by atoms with E-state index in [1.807, 2.05) is 0 Å². The van der Waals surface area contributed by atoms with Gasteiger partial charge in [0.1, 0.15) is 23.9 Å². The monoisotopic (exact) mass is 608 g/mol. The molecular weight excluding hydrogens is 583 g/mol. The molecule has 0 aliphatic rings. The summed E-state index contributed by atoms with van der Waals surface area (Å²) in [5.41, 5.74) is -0.0909. The first kappa shape index (κ1) is 33.1. The molecule has 0 radical (unpaired) electrons. The number of nitrogens with one attached hydrogen (secondary N) is 1. The second-order valence-corrected chi connectivity index (χ2v) is 9.85. The zero-order chi connectivity index (χ0) is 31.3. The van der Waals surface area contributed by atoms with Crippen LogP contribution in [-0.2, 0) is 11.4 Å². The van der Waals surface area contributed by atoms with Gasteiger partial charge >= 0.3 is 18.2 Å². The molecule has 0 saturated carbocycles. The number of alkyl halides is 3. The Bertz CT molecular complexity index is 1420. The first-order valence-electron chi connectivity index (χ1n) is 11.7. The quantitative estimate of drug-likeness (QED) is 0.310. The van der Waals surface area contributed by atoms with Crippen LogP contribution in [-0.4, -0.2) is 67.3 Å². The molecule has 16 heteroatoms. The molecule has 3 aromatic rings. The van der Waals surface area contributed by atoms with Crippen LogP contribution in [0, 0.1) is 18.6 Å². The van der Waals surface area contributed by atoms with Gasteiger partial charge in [0.2, 0.25) is 0 Å². The third kappa shape index (κ3) is 8.67. The Balaban J connectivity index is 0.000000745. The van der Waals surface area contributed by atoms with Crippen LogP contribution in [0.4, 0.5) is 26.7 Å². The number of carboxylic acids is 1. The Morgan fingerprint density at radius 3 is 2.17 bits per heavy atom. The molecule has 3 N–H and O–H groups in total. The summed E-state index contributed by atoms with van der Waals surface area (Å²) in [6.45, 7) is 6.65. The molecular formula is C25H26ClF5N4O6. The number of carboxylic acid groups (broad SMARTS) is 2. The summed E-state index contributed by atoms with van der Waals surface area (Å²) in [6, 6.07) is 4.95. The highest BCUT2D eigenvalue weighted by Gasteiger charge is 2.38. The standard InChI is InChI=1S/C23H25ClF2N4O4.C2HF3O2/c1-13-19(21(31)27-8-9-30(22(32)33)23(2,3)4)29-11-14(24)10-18(20(29)28-13)34-12-15-16(25)6-5-7-17(15)26;3-2(4,5)1(6)7/h5-7,10-11H,8-9,12H2,1-4H3,(H,27,31)(H,32,33);(H,6,7). The zero-order valence-corrected chi connectivity index (χ0v) is 22.9. The van der Waals surface area contributed by atoms with Crippen molar-refractivity contribution in [1.29, 1.82) is 0 Å². The lowest BCUT2D eigenvalue weighted by Crippen LogP contribution is -2.48. The lowest BCUT2D eigenvalue weighted by atomic mass is 10.1. The predicted molar refractivity (Wildman–Crippen MR) is 136 cm³/mol. The molecule has 0 fully saturated rings. The molecule has 2 heterocycles. The molecule has 0 atom stereocenters. The number of hydrogen-bond donors (Lipinski definition) is 3. The van der Waals surface area contributed by atoms with E-state index in [0.29, 0.717) is 5.69 Å². The highest BCUT2D eigenvalue weighted by molar-refractivity contribution is 6.30. The number of nitrogens with zero attached hydrogens (tertiary/aromatic N) is 3. The fraction of sp³-hybridized carbons (Fsp3) is 0.360. The highest BCUT2D eigenvalue weighted by Crippen LogP contribution is 2.28. The van der Waals surface area contributed by atoms with Crippen LogP contribution in [0.5, 0.6) is 5.75 Å². The number of aromatic nitrogens is 2. The second kappa shape index (κ2) is 13.0. The van der Waals surface area contributed by atoms with Gasteiger partial charge in [0.05, 0.1) is 16.3 Å². The van der Waals surface area contributed by atoms with Gasteiger partial charge in [-0.25, -0.2) is 23.4 Å². The fourth-order valence-electron chi connectivity index (χ4n) is 3.48. The average molecular weight is 609 g/mol. The minimum absolute atomic E-state index is 0.0750. The van der Waals surface area contributed by atoms with E-state index in [1.54, 1.807) is 27.7 Å². The Hall–Kier alpha value is -4.14. The van der Waals surface area contributed by atoms with E-state index in [9.17, 15) is 36.6 Å². The van der Waals surface area contributed by atoms with Gasteiger partial charge < -0.3 is 25.2 Å². The number of halogens is 6. The Morgan fingerprint density at radius 2 is 1.68 bits per heavy atom. The van der Waals surface area contributed by atoms with Crippen LogP contribution >= 0.6 is 11.6 Å². The van der Waals surface area contributed by atoms with Crippen LogP contribution in [0.2, 0.25) is 5.02 Å². The van der Waals surface area contributed by atoms with Crippen LogP contribution in [0.15, 0.2) is 30.5 Å². The Labute approximate surface area is 235 Å². The lowest BCUT2D eigenvalue weighted by Gasteiger charge is -2.33. The maximum absolute atomic E-state index is 14.0. The number of ether oxygens (including phenoxy) is 1. The first-order valence-corrected chi connectivity index (χ1v) is 12.0. The number of carbonyl (C=O) groups excluding carboxylic acids is 1. The van der Waals surface area contributed by atoms with Crippen molar-refractivity contribution in [2.45, 2.75) is 46.0 Å². The molecule has 1 aromatic carbocycles.